The van der Waals surface area contributed by atoms with Crippen LogP contribution in [0, 0.1) is 0 Å². The highest BCUT2D eigenvalue weighted by atomic mass is 79.9. The average molecular weight is 261 g/mol. The lowest BCUT2D eigenvalue weighted by molar-refractivity contribution is 0.922. The second kappa shape index (κ2) is 5.43. The fourth-order valence-electron chi connectivity index (χ4n) is 0.940. The lowest BCUT2D eigenvalue weighted by Gasteiger charge is -1.98. The minimum absolute atomic E-state index is 0.765. The van der Waals surface area contributed by atoms with Crippen LogP contribution in [0.5, 0.6) is 0 Å². The molecule has 0 amide bonds. The maximum absolute atomic E-state index is 6.01. The second-order valence-corrected chi connectivity index (χ2v) is 3.95. The van der Waals surface area contributed by atoms with Crippen LogP contribution in [-0.2, 0) is 0 Å². The van der Waals surface area contributed by atoms with E-state index in [4.69, 9.17) is 11.6 Å². The summed E-state index contributed by atoms with van der Waals surface area (Å²) in [4.78, 5) is 0. The molecule has 0 spiro atoms. The highest BCUT2D eigenvalue weighted by molar-refractivity contribution is 9.10. The fourth-order valence-corrected chi connectivity index (χ4v) is 1.68. The number of benzene rings is 1. The van der Waals surface area contributed by atoms with Crippen molar-refractivity contribution in [2.45, 2.75) is 0 Å². The third kappa shape index (κ3) is 3.51. The summed E-state index contributed by atoms with van der Waals surface area (Å²) in [5.41, 5.74) is 1.04. The van der Waals surface area contributed by atoms with E-state index in [1.165, 1.54) is 0 Å². The number of rotatable bonds is 3. The van der Waals surface area contributed by atoms with Gasteiger partial charge in [-0.1, -0.05) is 45.7 Å². The van der Waals surface area contributed by atoms with Crippen LogP contribution in [0.15, 0.2) is 28.7 Å². The summed E-state index contributed by atoms with van der Waals surface area (Å²) in [6, 6.07) is 5.85. The second-order valence-electron chi connectivity index (χ2n) is 2.63. The van der Waals surface area contributed by atoms with Crippen molar-refractivity contribution in [2.75, 3.05) is 13.6 Å². The van der Waals surface area contributed by atoms with Crippen LogP contribution in [0.3, 0.4) is 0 Å². The summed E-state index contributed by atoms with van der Waals surface area (Å²) in [5, 5.41) is 3.80. The fraction of sp³-hybridized carbons (Fsp3) is 0.200. The molecular formula is C10H11BrClN. The zero-order chi connectivity index (χ0) is 9.68. The predicted octanol–water partition coefficient (Wildman–Crippen LogP) is 3.34. The van der Waals surface area contributed by atoms with E-state index in [1.807, 2.05) is 37.4 Å². The highest BCUT2D eigenvalue weighted by Crippen LogP contribution is 2.22. The summed E-state index contributed by atoms with van der Waals surface area (Å²) < 4.78 is 1.00. The quantitative estimate of drug-likeness (QED) is 0.879. The summed E-state index contributed by atoms with van der Waals surface area (Å²) >= 11 is 9.36. The zero-order valence-electron chi connectivity index (χ0n) is 7.35. The smallest absolute Gasteiger partial charge is 0.0489 e. The third-order valence-electron chi connectivity index (χ3n) is 1.58. The molecule has 70 valence electrons. The van der Waals surface area contributed by atoms with Crippen LogP contribution < -0.4 is 5.32 Å². The number of nitrogens with one attached hydrogen (secondary N) is 1. The topological polar surface area (TPSA) is 12.0 Å². The molecule has 0 atom stereocenters. The van der Waals surface area contributed by atoms with Crippen molar-refractivity contribution in [3.05, 3.63) is 39.3 Å². The van der Waals surface area contributed by atoms with Gasteiger partial charge in [-0.15, -0.1) is 0 Å². The predicted molar refractivity (Wildman–Crippen MR) is 62.1 cm³/mol. The molecule has 1 rings (SSSR count). The van der Waals surface area contributed by atoms with E-state index in [0.29, 0.717) is 0 Å². The maximum Gasteiger partial charge on any atom is 0.0489 e. The van der Waals surface area contributed by atoms with E-state index in [9.17, 15) is 0 Å². The molecule has 1 aromatic rings. The van der Waals surface area contributed by atoms with Crippen molar-refractivity contribution < 1.29 is 0 Å². The normalized spacial score (nSPS) is 11.0. The van der Waals surface area contributed by atoms with Crippen LogP contribution in [0.4, 0.5) is 0 Å². The Kier molecular flexibility index (Phi) is 4.50. The van der Waals surface area contributed by atoms with Gasteiger partial charge in [0, 0.05) is 16.0 Å². The monoisotopic (exact) mass is 259 g/mol. The van der Waals surface area contributed by atoms with Gasteiger partial charge < -0.3 is 5.32 Å². The summed E-state index contributed by atoms with van der Waals surface area (Å²) in [6.07, 6.45) is 4.04. The molecule has 1 aromatic carbocycles. The molecule has 1 N–H and O–H groups in total. The van der Waals surface area contributed by atoms with Gasteiger partial charge in [-0.3, -0.25) is 0 Å². The van der Waals surface area contributed by atoms with Crippen molar-refractivity contribution in [3.8, 4) is 0 Å². The van der Waals surface area contributed by atoms with Crippen LogP contribution in [-0.4, -0.2) is 13.6 Å². The van der Waals surface area contributed by atoms with Gasteiger partial charge in [0.1, 0.15) is 0 Å². The van der Waals surface area contributed by atoms with Crippen molar-refractivity contribution in [3.63, 3.8) is 0 Å². The lowest BCUT2D eigenvalue weighted by Crippen LogP contribution is -2.03. The number of hydrogen-bond acceptors (Lipinski definition) is 1. The van der Waals surface area contributed by atoms with Crippen LogP contribution in [0.1, 0.15) is 5.56 Å². The average Bonchev–Trinajstić information content (AvgIpc) is 2.09. The first-order valence-corrected chi connectivity index (χ1v) is 5.17. The van der Waals surface area contributed by atoms with Crippen molar-refractivity contribution >= 4 is 33.6 Å². The maximum atomic E-state index is 6.01. The summed E-state index contributed by atoms with van der Waals surface area (Å²) in [5.74, 6) is 0. The number of halogens is 2. The van der Waals surface area contributed by atoms with E-state index in [0.717, 1.165) is 21.6 Å². The molecule has 0 bridgehead atoms. The SMILES string of the molecule is CNC/C=C/c1ccc(Br)cc1Cl. The first-order valence-electron chi connectivity index (χ1n) is 4.00. The Morgan fingerprint density at radius 2 is 2.31 bits per heavy atom. The number of likely N-dealkylation sites (N-methyl/N-ethyl adjacent to an activating group) is 1. The van der Waals surface area contributed by atoms with Crippen LogP contribution >= 0.6 is 27.5 Å². The molecule has 0 aliphatic carbocycles. The molecule has 0 aliphatic heterocycles. The molecule has 0 saturated heterocycles. The first-order chi connectivity index (χ1) is 6.24. The van der Waals surface area contributed by atoms with E-state index < -0.39 is 0 Å². The molecule has 13 heavy (non-hydrogen) atoms. The molecular weight excluding hydrogens is 249 g/mol. The molecule has 0 unspecified atom stereocenters. The molecule has 0 saturated carbocycles. The van der Waals surface area contributed by atoms with Gasteiger partial charge >= 0.3 is 0 Å². The van der Waals surface area contributed by atoms with Crippen molar-refractivity contribution in [1.82, 2.24) is 5.32 Å². The Balaban J connectivity index is 2.77. The summed E-state index contributed by atoms with van der Waals surface area (Å²) in [6.45, 7) is 0.854. The Labute approximate surface area is 91.9 Å². The van der Waals surface area contributed by atoms with Crippen molar-refractivity contribution in [1.29, 1.82) is 0 Å². The van der Waals surface area contributed by atoms with E-state index in [2.05, 4.69) is 21.2 Å². The Morgan fingerprint density at radius 1 is 1.54 bits per heavy atom. The van der Waals surface area contributed by atoms with Crippen LogP contribution in [0.2, 0.25) is 5.02 Å². The standard InChI is InChI=1S/C10H11BrClN/c1-13-6-2-3-8-4-5-9(11)7-10(8)12/h2-5,7,13H,6H2,1H3/b3-2+. The molecule has 1 nitrogen and oxygen atoms in total. The highest BCUT2D eigenvalue weighted by Gasteiger charge is 1.95. The van der Waals surface area contributed by atoms with Crippen LogP contribution in [0.25, 0.3) is 6.08 Å². The lowest BCUT2D eigenvalue weighted by atomic mass is 10.2. The zero-order valence-corrected chi connectivity index (χ0v) is 9.69. The van der Waals surface area contributed by atoms with Gasteiger partial charge in [-0.05, 0) is 24.7 Å². The number of hydrogen-bond donors (Lipinski definition) is 1. The largest absolute Gasteiger partial charge is 0.316 e. The first kappa shape index (κ1) is 10.8. The van der Waals surface area contributed by atoms with Gasteiger partial charge in [0.25, 0.3) is 0 Å². The molecule has 0 aromatic heterocycles. The van der Waals surface area contributed by atoms with Crippen molar-refractivity contribution in [2.24, 2.45) is 0 Å². The molecule has 0 aliphatic rings. The van der Waals surface area contributed by atoms with Gasteiger partial charge in [0.2, 0.25) is 0 Å². The molecule has 3 heteroatoms. The Morgan fingerprint density at radius 3 is 2.92 bits per heavy atom. The summed E-state index contributed by atoms with van der Waals surface area (Å²) in [7, 11) is 1.91. The van der Waals surface area contributed by atoms with Gasteiger partial charge in [0.15, 0.2) is 0 Å². The Hall–Kier alpha value is -0.310. The molecule has 0 heterocycles. The minimum Gasteiger partial charge on any atom is -0.316 e. The molecule has 0 fully saturated rings. The van der Waals surface area contributed by atoms with E-state index >= 15 is 0 Å². The van der Waals surface area contributed by atoms with E-state index in [1.54, 1.807) is 0 Å². The van der Waals surface area contributed by atoms with Gasteiger partial charge in [0.05, 0.1) is 0 Å². The van der Waals surface area contributed by atoms with Gasteiger partial charge in [-0.2, -0.15) is 0 Å². The van der Waals surface area contributed by atoms with Gasteiger partial charge in [-0.25, -0.2) is 0 Å². The third-order valence-corrected chi connectivity index (χ3v) is 2.40. The minimum atomic E-state index is 0.765. The Bertz CT molecular complexity index is 310. The van der Waals surface area contributed by atoms with E-state index in [-0.39, 0.29) is 0 Å². The molecule has 0 radical (unpaired) electrons.